The third kappa shape index (κ3) is 1.96. The molecule has 1 aliphatic rings. The summed E-state index contributed by atoms with van der Waals surface area (Å²) in [5.74, 6) is 1.46. The van der Waals surface area contributed by atoms with Crippen LogP contribution in [0.15, 0.2) is 6.20 Å². The average Bonchev–Trinajstić information content (AvgIpc) is 2.70. The van der Waals surface area contributed by atoms with E-state index in [9.17, 15) is 0 Å². The van der Waals surface area contributed by atoms with Crippen LogP contribution in [0.1, 0.15) is 59.3 Å². The SMILES string of the molecule is CNC(c1c(OC)cnn1C(C)C)C1C(C)(C)C1(C)C. The molecule has 0 bridgehead atoms. The molecule has 1 fully saturated rings. The van der Waals surface area contributed by atoms with Gasteiger partial charge in [0.05, 0.1) is 25.0 Å². The number of hydrogen-bond acceptors (Lipinski definition) is 3. The highest BCUT2D eigenvalue weighted by molar-refractivity contribution is 5.33. The summed E-state index contributed by atoms with van der Waals surface area (Å²) in [4.78, 5) is 0. The van der Waals surface area contributed by atoms with Gasteiger partial charge in [-0.25, -0.2) is 0 Å². The lowest BCUT2D eigenvalue weighted by molar-refractivity contribution is 0.356. The van der Waals surface area contributed by atoms with Crippen molar-refractivity contribution in [1.29, 1.82) is 0 Å². The van der Waals surface area contributed by atoms with E-state index < -0.39 is 0 Å². The van der Waals surface area contributed by atoms with Crippen LogP contribution in [0.25, 0.3) is 0 Å². The Hall–Kier alpha value is -1.03. The Morgan fingerprint density at radius 2 is 1.80 bits per heavy atom. The second-order valence-electron chi connectivity index (χ2n) is 7.32. The average molecular weight is 279 g/mol. The molecule has 4 nitrogen and oxygen atoms in total. The van der Waals surface area contributed by atoms with E-state index in [-0.39, 0.29) is 6.04 Å². The third-order valence-corrected chi connectivity index (χ3v) is 5.58. The maximum Gasteiger partial charge on any atom is 0.161 e. The van der Waals surface area contributed by atoms with Gasteiger partial charge < -0.3 is 10.1 Å². The summed E-state index contributed by atoms with van der Waals surface area (Å²) in [6.45, 7) is 13.7. The molecule has 0 saturated heterocycles. The van der Waals surface area contributed by atoms with Crippen LogP contribution >= 0.6 is 0 Å². The number of methoxy groups -OCH3 is 1. The van der Waals surface area contributed by atoms with Gasteiger partial charge in [-0.05, 0) is 37.6 Å². The highest BCUT2D eigenvalue weighted by Gasteiger charge is 2.67. The molecule has 1 heterocycles. The molecule has 0 amide bonds. The van der Waals surface area contributed by atoms with Gasteiger partial charge in [-0.2, -0.15) is 5.10 Å². The van der Waals surface area contributed by atoms with Crippen LogP contribution in [0.4, 0.5) is 0 Å². The predicted octanol–water partition coefficient (Wildman–Crippen LogP) is 3.42. The zero-order valence-corrected chi connectivity index (χ0v) is 14.1. The van der Waals surface area contributed by atoms with Crippen LogP contribution in [0.2, 0.25) is 0 Å². The quantitative estimate of drug-likeness (QED) is 0.897. The normalized spacial score (nSPS) is 22.1. The Morgan fingerprint density at radius 3 is 2.15 bits per heavy atom. The highest BCUT2D eigenvalue weighted by Crippen LogP contribution is 2.72. The smallest absolute Gasteiger partial charge is 0.161 e. The summed E-state index contributed by atoms with van der Waals surface area (Å²) in [6.07, 6.45) is 1.84. The minimum Gasteiger partial charge on any atom is -0.493 e. The second-order valence-corrected chi connectivity index (χ2v) is 7.32. The second kappa shape index (κ2) is 4.76. The van der Waals surface area contributed by atoms with Crippen molar-refractivity contribution in [3.05, 3.63) is 11.9 Å². The van der Waals surface area contributed by atoms with Gasteiger partial charge in [0.25, 0.3) is 0 Å². The molecule has 1 unspecified atom stereocenters. The first-order valence-corrected chi connectivity index (χ1v) is 7.48. The monoisotopic (exact) mass is 279 g/mol. The van der Waals surface area contributed by atoms with Crippen LogP contribution in [0.5, 0.6) is 5.75 Å². The molecular weight excluding hydrogens is 250 g/mol. The molecule has 1 aliphatic carbocycles. The van der Waals surface area contributed by atoms with Crippen molar-refractivity contribution in [2.45, 2.75) is 53.6 Å². The molecule has 1 atom stereocenters. The van der Waals surface area contributed by atoms with Gasteiger partial charge in [0.15, 0.2) is 5.75 Å². The molecule has 0 spiro atoms. The lowest BCUT2D eigenvalue weighted by Crippen LogP contribution is -2.26. The van der Waals surface area contributed by atoms with Crippen molar-refractivity contribution >= 4 is 0 Å². The van der Waals surface area contributed by atoms with E-state index in [4.69, 9.17) is 4.74 Å². The Labute approximate surface area is 122 Å². The summed E-state index contributed by atoms with van der Waals surface area (Å²) in [5, 5.41) is 8.02. The van der Waals surface area contributed by atoms with E-state index in [1.807, 2.05) is 13.2 Å². The molecule has 114 valence electrons. The van der Waals surface area contributed by atoms with Gasteiger partial charge in [-0.3, -0.25) is 4.68 Å². The van der Waals surface area contributed by atoms with E-state index >= 15 is 0 Å². The minimum atomic E-state index is 0.264. The van der Waals surface area contributed by atoms with Crippen LogP contribution in [-0.2, 0) is 0 Å². The Kier molecular flexibility index (Phi) is 3.66. The largest absolute Gasteiger partial charge is 0.493 e. The van der Waals surface area contributed by atoms with Crippen molar-refractivity contribution < 1.29 is 4.74 Å². The van der Waals surface area contributed by atoms with E-state index in [1.165, 1.54) is 5.69 Å². The predicted molar refractivity (Wildman–Crippen MR) is 82.0 cm³/mol. The van der Waals surface area contributed by atoms with Crippen molar-refractivity contribution in [2.24, 2.45) is 16.7 Å². The summed E-state index contributed by atoms with van der Waals surface area (Å²) in [6, 6.07) is 0.592. The van der Waals surface area contributed by atoms with Crippen LogP contribution in [0.3, 0.4) is 0 Å². The molecule has 1 saturated carbocycles. The Balaban J connectivity index is 2.46. The molecular formula is C16H29N3O. The van der Waals surface area contributed by atoms with Gasteiger partial charge in [-0.15, -0.1) is 0 Å². The molecule has 2 rings (SSSR count). The topological polar surface area (TPSA) is 39.1 Å². The van der Waals surface area contributed by atoms with E-state index in [2.05, 4.69) is 56.6 Å². The third-order valence-electron chi connectivity index (χ3n) is 5.58. The van der Waals surface area contributed by atoms with Crippen molar-refractivity contribution in [2.75, 3.05) is 14.2 Å². The van der Waals surface area contributed by atoms with Gasteiger partial charge in [-0.1, -0.05) is 27.7 Å². The number of hydrogen-bond donors (Lipinski definition) is 1. The number of ether oxygens (including phenoxy) is 1. The fourth-order valence-electron chi connectivity index (χ4n) is 3.76. The lowest BCUT2D eigenvalue weighted by atomic mass is 10.0. The van der Waals surface area contributed by atoms with Gasteiger partial charge >= 0.3 is 0 Å². The lowest BCUT2D eigenvalue weighted by Gasteiger charge is -2.23. The van der Waals surface area contributed by atoms with E-state index in [1.54, 1.807) is 7.11 Å². The standard InChI is InChI=1S/C16H29N3O/c1-10(2)19-13(11(20-8)9-18-19)12(17-7)14-15(3,4)16(14,5)6/h9-10,12,14,17H,1-8H3. The van der Waals surface area contributed by atoms with E-state index in [0.29, 0.717) is 22.8 Å². The van der Waals surface area contributed by atoms with E-state index in [0.717, 1.165) is 5.75 Å². The highest BCUT2D eigenvalue weighted by atomic mass is 16.5. The molecule has 0 aliphatic heterocycles. The first-order chi connectivity index (χ1) is 9.20. The maximum atomic E-state index is 5.55. The van der Waals surface area contributed by atoms with Crippen molar-refractivity contribution in [3.8, 4) is 5.75 Å². The molecule has 1 aromatic heterocycles. The van der Waals surface area contributed by atoms with Crippen LogP contribution in [0, 0.1) is 16.7 Å². The summed E-state index contributed by atoms with van der Waals surface area (Å²) in [5.41, 5.74) is 1.81. The molecule has 4 heteroatoms. The number of nitrogens with zero attached hydrogens (tertiary/aromatic N) is 2. The Bertz CT molecular complexity index is 474. The van der Waals surface area contributed by atoms with Crippen molar-refractivity contribution in [1.82, 2.24) is 15.1 Å². The molecule has 20 heavy (non-hydrogen) atoms. The summed E-state index contributed by atoms with van der Waals surface area (Å²) < 4.78 is 7.64. The van der Waals surface area contributed by atoms with Crippen LogP contribution < -0.4 is 10.1 Å². The van der Waals surface area contributed by atoms with Crippen molar-refractivity contribution in [3.63, 3.8) is 0 Å². The summed E-state index contributed by atoms with van der Waals surface area (Å²) >= 11 is 0. The molecule has 0 aromatic carbocycles. The van der Waals surface area contributed by atoms with Gasteiger partial charge in [0.2, 0.25) is 0 Å². The fraction of sp³-hybridized carbons (Fsp3) is 0.812. The zero-order valence-electron chi connectivity index (χ0n) is 14.1. The zero-order chi connectivity index (χ0) is 15.3. The minimum absolute atomic E-state index is 0.264. The molecule has 1 N–H and O–H groups in total. The number of aromatic nitrogens is 2. The van der Waals surface area contributed by atoms with Gasteiger partial charge in [0, 0.05) is 6.04 Å². The Morgan fingerprint density at radius 1 is 1.25 bits per heavy atom. The summed E-state index contributed by atoms with van der Waals surface area (Å²) in [7, 11) is 3.76. The fourth-order valence-corrected chi connectivity index (χ4v) is 3.76. The maximum absolute atomic E-state index is 5.55. The molecule has 0 radical (unpaired) electrons. The number of rotatable bonds is 5. The first-order valence-electron chi connectivity index (χ1n) is 7.48. The number of nitrogens with one attached hydrogen (secondary N) is 1. The first kappa shape index (κ1) is 15.4. The van der Waals surface area contributed by atoms with Crippen LogP contribution in [-0.4, -0.2) is 23.9 Å². The van der Waals surface area contributed by atoms with Gasteiger partial charge in [0.1, 0.15) is 0 Å². The molecule has 1 aromatic rings.